The van der Waals surface area contributed by atoms with Gasteiger partial charge in [0.1, 0.15) is 0 Å². The maximum atomic E-state index is 12.5. The summed E-state index contributed by atoms with van der Waals surface area (Å²) >= 11 is 0. The second-order valence-electron chi connectivity index (χ2n) is 5.13. The molecule has 1 saturated carbocycles. The van der Waals surface area contributed by atoms with Crippen molar-refractivity contribution in [1.82, 2.24) is 9.88 Å². The predicted molar refractivity (Wildman–Crippen MR) is 73.7 cm³/mol. The third-order valence-electron chi connectivity index (χ3n) is 3.69. The van der Waals surface area contributed by atoms with E-state index < -0.39 is 5.56 Å². The fourth-order valence-electron chi connectivity index (χ4n) is 2.77. The van der Waals surface area contributed by atoms with Crippen LogP contribution in [-0.2, 0) is 0 Å². The van der Waals surface area contributed by atoms with E-state index in [1.807, 2.05) is 0 Å². The van der Waals surface area contributed by atoms with Crippen LogP contribution in [0.4, 0.5) is 0 Å². The minimum absolute atomic E-state index is 0.102. The summed E-state index contributed by atoms with van der Waals surface area (Å²) in [5, 5.41) is 18.6. The van der Waals surface area contributed by atoms with Crippen LogP contribution in [0.25, 0.3) is 0 Å². The topological polar surface area (TPSA) is 93.6 Å². The highest BCUT2D eigenvalue weighted by Gasteiger charge is 2.26. The number of carbonyl (C=O) groups is 1. The number of carbonyl (C=O) groups excluding carboxylic acids is 1. The van der Waals surface area contributed by atoms with Crippen LogP contribution in [0, 0.1) is 0 Å². The zero-order valence-corrected chi connectivity index (χ0v) is 11.3. The molecule has 1 aliphatic carbocycles. The number of pyridine rings is 1. The number of aromatic amines is 1. The van der Waals surface area contributed by atoms with E-state index in [1.54, 1.807) is 4.90 Å². The Hall–Kier alpha value is -1.82. The summed E-state index contributed by atoms with van der Waals surface area (Å²) in [6.07, 6.45) is 5.15. The van der Waals surface area contributed by atoms with Crippen molar-refractivity contribution in [3.05, 3.63) is 28.0 Å². The van der Waals surface area contributed by atoms with Crippen molar-refractivity contribution in [2.45, 2.75) is 38.1 Å². The summed E-state index contributed by atoms with van der Waals surface area (Å²) in [7, 11) is 0. The quantitative estimate of drug-likeness (QED) is 0.762. The number of amides is 1. The highest BCUT2D eigenvalue weighted by atomic mass is 16.3. The van der Waals surface area contributed by atoms with E-state index in [0.717, 1.165) is 25.7 Å². The molecule has 3 N–H and O–H groups in total. The van der Waals surface area contributed by atoms with E-state index in [-0.39, 0.29) is 36.5 Å². The molecule has 0 bridgehead atoms. The number of rotatable bonds is 4. The highest BCUT2D eigenvalue weighted by Crippen LogP contribution is 2.24. The Balaban J connectivity index is 2.23. The van der Waals surface area contributed by atoms with Crippen molar-refractivity contribution < 1.29 is 15.0 Å². The van der Waals surface area contributed by atoms with Crippen LogP contribution in [-0.4, -0.2) is 45.2 Å². The number of aromatic hydroxyl groups is 1. The van der Waals surface area contributed by atoms with Crippen molar-refractivity contribution in [1.29, 1.82) is 0 Å². The molecular formula is C14H20N2O4. The van der Waals surface area contributed by atoms with Crippen LogP contribution in [0.15, 0.2) is 16.9 Å². The van der Waals surface area contributed by atoms with E-state index in [9.17, 15) is 14.7 Å². The zero-order chi connectivity index (χ0) is 14.5. The van der Waals surface area contributed by atoms with Crippen molar-refractivity contribution in [2.75, 3.05) is 13.2 Å². The van der Waals surface area contributed by atoms with Crippen molar-refractivity contribution in [2.24, 2.45) is 0 Å². The zero-order valence-electron chi connectivity index (χ0n) is 11.3. The summed E-state index contributed by atoms with van der Waals surface area (Å²) in [5.74, 6) is -0.638. The first-order chi connectivity index (χ1) is 9.61. The van der Waals surface area contributed by atoms with Crippen LogP contribution >= 0.6 is 0 Å². The number of H-pyrrole nitrogens is 1. The van der Waals surface area contributed by atoms with Crippen molar-refractivity contribution in [3.8, 4) is 5.88 Å². The number of aliphatic hydroxyl groups excluding tert-OH is 1. The summed E-state index contributed by atoms with van der Waals surface area (Å²) in [6, 6.07) is 2.52. The fraction of sp³-hybridized carbons (Fsp3) is 0.571. The minimum Gasteiger partial charge on any atom is -0.494 e. The lowest BCUT2D eigenvalue weighted by Gasteiger charge is -2.34. The molecule has 2 rings (SSSR count). The summed E-state index contributed by atoms with van der Waals surface area (Å²) < 4.78 is 0. The molecule has 110 valence electrons. The Labute approximate surface area is 117 Å². The van der Waals surface area contributed by atoms with Gasteiger partial charge in [-0.25, -0.2) is 0 Å². The molecule has 1 aromatic rings. The number of aliphatic hydroxyl groups is 1. The Kier molecular flexibility index (Phi) is 4.79. The van der Waals surface area contributed by atoms with Crippen LogP contribution in [0.3, 0.4) is 0 Å². The average Bonchev–Trinajstić information content (AvgIpc) is 2.44. The molecule has 0 atom stereocenters. The molecule has 1 fully saturated rings. The Morgan fingerprint density at radius 3 is 2.60 bits per heavy atom. The maximum absolute atomic E-state index is 12.5. The molecule has 6 nitrogen and oxygen atoms in total. The molecule has 0 saturated heterocycles. The third kappa shape index (κ3) is 3.39. The molecule has 1 aliphatic rings. The van der Waals surface area contributed by atoms with E-state index >= 15 is 0 Å². The van der Waals surface area contributed by atoms with Gasteiger partial charge in [0.15, 0.2) is 5.88 Å². The van der Waals surface area contributed by atoms with E-state index in [1.165, 1.54) is 18.6 Å². The second-order valence-corrected chi connectivity index (χ2v) is 5.13. The standard InChI is InChI=1S/C14H20N2O4/c17-7-6-16(11-4-2-1-3-5-11)14(20)10-8-12(18)15-13(19)9-10/h8-9,11,17H,1-7H2,(H2,15,18,19). The van der Waals surface area contributed by atoms with Gasteiger partial charge in [0, 0.05) is 24.7 Å². The number of hydrogen-bond acceptors (Lipinski definition) is 4. The largest absolute Gasteiger partial charge is 0.494 e. The van der Waals surface area contributed by atoms with Crippen LogP contribution < -0.4 is 5.56 Å². The first-order valence-corrected chi connectivity index (χ1v) is 6.97. The van der Waals surface area contributed by atoms with Gasteiger partial charge in [-0.2, -0.15) is 0 Å². The molecule has 1 heterocycles. The van der Waals surface area contributed by atoms with Crippen LogP contribution in [0.5, 0.6) is 5.88 Å². The van der Waals surface area contributed by atoms with Crippen molar-refractivity contribution >= 4 is 5.91 Å². The number of aromatic nitrogens is 1. The molecule has 0 aliphatic heterocycles. The summed E-state index contributed by atoms with van der Waals surface area (Å²) in [6.45, 7) is 0.133. The van der Waals surface area contributed by atoms with Gasteiger partial charge in [0.2, 0.25) is 0 Å². The van der Waals surface area contributed by atoms with Gasteiger partial charge in [0.05, 0.1) is 12.2 Å². The van der Waals surface area contributed by atoms with Gasteiger partial charge in [0.25, 0.3) is 11.5 Å². The lowest BCUT2D eigenvalue weighted by Crippen LogP contribution is -2.43. The minimum atomic E-state index is -0.513. The highest BCUT2D eigenvalue weighted by molar-refractivity contribution is 5.94. The smallest absolute Gasteiger partial charge is 0.254 e. The molecule has 0 spiro atoms. The second kappa shape index (κ2) is 6.56. The monoisotopic (exact) mass is 280 g/mol. The summed E-state index contributed by atoms with van der Waals surface area (Å²) in [4.78, 5) is 27.6. The Bertz CT molecular complexity index is 520. The van der Waals surface area contributed by atoms with Crippen molar-refractivity contribution in [3.63, 3.8) is 0 Å². The maximum Gasteiger partial charge on any atom is 0.254 e. The molecule has 0 radical (unpaired) electrons. The molecule has 1 aromatic heterocycles. The van der Waals surface area contributed by atoms with Gasteiger partial charge in [-0.05, 0) is 12.8 Å². The molecule has 20 heavy (non-hydrogen) atoms. The van der Waals surface area contributed by atoms with E-state index in [2.05, 4.69) is 4.98 Å². The van der Waals surface area contributed by atoms with Gasteiger partial charge in [-0.1, -0.05) is 19.3 Å². The predicted octanol–water partition coefficient (Wildman–Crippen LogP) is 0.848. The molecule has 0 unspecified atom stereocenters. The first-order valence-electron chi connectivity index (χ1n) is 6.97. The SMILES string of the molecule is O=C(c1cc(O)[nH]c(=O)c1)N(CCO)C1CCCCC1. The molecule has 0 aromatic carbocycles. The fourth-order valence-corrected chi connectivity index (χ4v) is 2.77. The van der Waals surface area contributed by atoms with Crippen LogP contribution in [0.1, 0.15) is 42.5 Å². The van der Waals surface area contributed by atoms with Gasteiger partial charge in [-0.15, -0.1) is 0 Å². The Morgan fingerprint density at radius 2 is 2.00 bits per heavy atom. The lowest BCUT2D eigenvalue weighted by molar-refractivity contribution is 0.0584. The molecule has 6 heteroatoms. The first kappa shape index (κ1) is 14.6. The molecule has 1 amide bonds. The van der Waals surface area contributed by atoms with E-state index in [0.29, 0.717) is 0 Å². The van der Waals surface area contributed by atoms with E-state index in [4.69, 9.17) is 5.11 Å². The average molecular weight is 280 g/mol. The van der Waals surface area contributed by atoms with Gasteiger partial charge in [-0.3, -0.25) is 14.6 Å². The Morgan fingerprint density at radius 1 is 1.30 bits per heavy atom. The van der Waals surface area contributed by atoms with Gasteiger partial charge >= 0.3 is 0 Å². The number of nitrogens with zero attached hydrogens (tertiary/aromatic N) is 1. The number of hydrogen-bond donors (Lipinski definition) is 3. The molecular weight excluding hydrogens is 260 g/mol. The summed E-state index contributed by atoms with van der Waals surface area (Å²) in [5.41, 5.74) is -0.355. The van der Waals surface area contributed by atoms with Gasteiger partial charge < -0.3 is 15.1 Å². The van der Waals surface area contributed by atoms with Crippen LogP contribution in [0.2, 0.25) is 0 Å². The lowest BCUT2D eigenvalue weighted by atomic mass is 9.93. The third-order valence-corrected chi connectivity index (χ3v) is 3.69. The number of nitrogens with one attached hydrogen (secondary N) is 1. The normalized spacial score (nSPS) is 16.1.